The number of fused-ring (bicyclic) bond motifs is 1. The van der Waals surface area contributed by atoms with E-state index >= 15 is 0 Å². The number of nitrogens with one attached hydrogen (secondary N) is 1. The average Bonchev–Trinajstić information content (AvgIpc) is 2.76. The van der Waals surface area contributed by atoms with E-state index in [0.29, 0.717) is 0 Å². The molecule has 2 aromatic rings. The normalized spacial score (nSPS) is 15.1. The van der Waals surface area contributed by atoms with Crippen LogP contribution < -0.4 is 5.32 Å². The van der Waals surface area contributed by atoms with E-state index in [1.165, 1.54) is 0 Å². The highest BCUT2D eigenvalue weighted by Gasteiger charge is 2.25. The molecule has 2 unspecified atom stereocenters. The van der Waals surface area contributed by atoms with Gasteiger partial charge in [-0.1, -0.05) is 12.1 Å². The number of furan rings is 1. The zero-order valence-corrected chi connectivity index (χ0v) is 11.2. The Morgan fingerprint density at radius 3 is 2.72 bits per heavy atom. The molecule has 0 aliphatic carbocycles. The molecule has 0 aliphatic rings. The van der Waals surface area contributed by atoms with Crippen LogP contribution in [0.4, 0.5) is 0 Å². The number of halogens is 2. The summed E-state index contributed by atoms with van der Waals surface area (Å²) in [5.41, 5.74) is 1.70. The summed E-state index contributed by atoms with van der Waals surface area (Å²) in [6.45, 7) is 0. The molecule has 0 saturated heterocycles. The van der Waals surface area contributed by atoms with Crippen molar-refractivity contribution in [1.29, 1.82) is 0 Å². The number of hydrogen-bond donors (Lipinski definition) is 1. The third-order valence-corrected chi connectivity index (χ3v) is 3.42. The zero-order valence-electron chi connectivity index (χ0n) is 9.64. The summed E-state index contributed by atoms with van der Waals surface area (Å²) in [4.78, 5) is -0.633. The molecular weight excluding hydrogens is 267 g/mol. The van der Waals surface area contributed by atoms with Gasteiger partial charge in [-0.3, -0.25) is 0 Å². The number of alkyl halides is 2. The summed E-state index contributed by atoms with van der Waals surface area (Å²) in [6.07, 6.45) is 1.90. The van der Waals surface area contributed by atoms with Gasteiger partial charge in [-0.05, 0) is 30.1 Å². The molecule has 0 amide bonds. The predicted octanol–water partition coefficient (Wildman–Crippen LogP) is 2.53. The molecule has 2 nitrogen and oxygen atoms in total. The van der Waals surface area contributed by atoms with Crippen LogP contribution in [0.25, 0.3) is 11.0 Å². The summed E-state index contributed by atoms with van der Waals surface area (Å²) in [5.74, 6) is -0.672. The predicted molar refractivity (Wildman–Crippen MR) is 77.7 cm³/mol. The van der Waals surface area contributed by atoms with Gasteiger partial charge in [0.15, 0.2) is 0 Å². The number of rotatable bonds is 5. The molecule has 0 fully saturated rings. The summed E-state index contributed by atoms with van der Waals surface area (Å²) in [6, 6.07) is 7.69. The van der Waals surface area contributed by atoms with Crippen molar-refractivity contribution in [3.05, 3.63) is 36.1 Å². The lowest BCUT2D eigenvalue weighted by atomic mass is 9.80. The lowest BCUT2D eigenvalue weighted by molar-refractivity contribution is 0.591. The first-order valence-corrected chi connectivity index (χ1v) is 6.45. The second-order valence-corrected chi connectivity index (χ2v) is 5.18. The Labute approximate surface area is 119 Å². The molecule has 2 rings (SSSR count). The van der Waals surface area contributed by atoms with Crippen LogP contribution >= 0.6 is 23.2 Å². The molecule has 0 saturated carbocycles. The highest BCUT2D eigenvalue weighted by molar-refractivity contribution is 6.45. The first kappa shape index (κ1) is 13.9. The highest BCUT2D eigenvalue weighted by atomic mass is 35.5. The lowest BCUT2D eigenvalue weighted by Gasteiger charge is -2.26. The maximum Gasteiger partial charge on any atom is 0.134 e. The number of hydrogen-bond acceptors (Lipinski definition) is 2. The topological polar surface area (TPSA) is 25.2 Å². The SMILES string of the molecule is [B]CNC([B])C(c1ccc2ccoc2c1)C(Cl)Cl. The second-order valence-electron chi connectivity index (χ2n) is 4.01. The van der Waals surface area contributed by atoms with Crippen LogP contribution in [0.15, 0.2) is 34.9 Å². The van der Waals surface area contributed by atoms with Gasteiger partial charge in [0, 0.05) is 11.3 Å². The van der Waals surface area contributed by atoms with Crippen molar-refractivity contribution < 1.29 is 4.42 Å². The minimum absolute atomic E-state index is 0.258. The minimum atomic E-state index is -0.633. The Hall–Kier alpha value is -0.570. The summed E-state index contributed by atoms with van der Waals surface area (Å²) in [5, 5.41) is 3.95. The third-order valence-electron chi connectivity index (χ3n) is 2.88. The van der Waals surface area contributed by atoms with E-state index < -0.39 is 10.8 Å². The Bertz CT molecular complexity index is 518. The molecule has 1 N–H and O–H groups in total. The molecule has 1 heterocycles. The molecular formula is C12H11B2Cl2NO. The van der Waals surface area contributed by atoms with Crippen LogP contribution in [0.3, 0.4) is 0 Å². The lowest BCUT2D eigenvalue weighted by Crippen LogP contribution is -2.38. The zero-order chi connectivity index (χ0) is 13.1. The number of benzene rings is 1. The summed E-state index contributed by atoms with van der Waals surface area (Å²) in [7, 11) is 11.4. The van der Waals surface area contributed by atoms with E-state index in [9.17, 15) is 0 Å². The van der Waals surface area contributed by atoms with Crippen molar-refractivity contribution in [1.82, 2.24) is 5.32 Å². The van der Waals surface area contributed by atoms with Crippen LogP contribution in [0.2, 0.25) is 0 Å². The molecule has 4 radical (unpaired) electrons. The van der Waals surface area contributed by atoms with E-state index in [4.69, 9.17) is 43.3 Å². The van der Waals surface area contributed by atoms with E-state index in [-0.39, 0.29) is 12.4 Å². The average molecular weight is 278 g/mol. The molecule has 90 valence electrons. The highest BCUT2D eigenvalue weighted by Crippen LogP contribution is 2.31. The van der Waals surface area contributed by atoms with Crippen molar-refractivity contribution in [2.24, 2.45) is 0 Å². The van der Waals surface area contributed by atoms with Gasteiger partial charge in [0.05, 0.1) is 22.0 Å². The van der Waals surface area contributed by atoms with Crippen LogP contribution in [-0.2, 0) is 0 Å². The Morgan fingerprint density at radius 1 is 1.28 bits per heavy atom. The molecule has 1 aromatic heterocycles. The van der Waals surface area contributed by atoms with Gasteiger partial charge < -0.3 is 9.73 Å². The summed E-state index contributed by atoms with van der Waals surface area (Å²) >= 11 is 12.0. The molecule has 2 atom stereocenters. The van der Waals surface area contributed by atoms with Crippen molar-refractivity contribution >= 4 is 49.9 Å². The monoisotopic (exact) mass is 277 g/mol. The fourth-order valence-corrected chi connectivity index (χ4v) is 2.56. The Kier molecular flexibility index (Phi) is 4.65. The van der Waals surface area contributed by atoms with E-state index in [0.717, 1.165) is 16.5 Å². The third kappa shape index (κ3) is 2.87. The largest absolute Gasteiger partial charge is 0.464 e. The fraction of sp³-hybridized carbons (Fsp3) is 0.333. The minimum Gasteiger partial charge on any atom is -0.464 e. The molecule has 0 bridgehead atoms. The first-order valence-electron chi connectivity index (χ1n) is 5.58. The smallest absolute Gasteiger partial charge is 0.134 e. The molecule has 0 aliphatic heterocycles. The maximum atomic E-state index is 6.01. The van der Waals surface area contributed by atoms with E-state index in [2.05, 4.69) is 5.32 Å². The summed E-state index contributed by atoms with van der Waals surface area (Å²) < 4.78 is 5.36. The maximum absolute atomic E-state index is 6.01. The van der Waals surface area contributed by atoms with Crippen molar-refractivity contribution in [3.63, 3.8) is 0 Å². The van der Waals surface area contributed by atoms with E-state index in [1.54, 1.807) is 6.26 Å². The van der Waals surface area contributed by atoms with Crippen LogP contribution in [-0.4, -0.2) is 32.9 Å². The van der Waals surface area contributed by atoms with Crippen molar-refractivity contribution in [3.8, 4) is 0 Å². The fourth-order valence-electron chi connectivity index (χ4n) is 1.95. The quantitative estimate of drug-likeness (QED) is 0.671. The Morgan fingerprint density at radius 2 is 2.06 bits per heavy atom. The molecule has 1 aromatic carbocycles. The van der Waals surface area contributed by atoms with Gasteiger partial charge in [0.25, 0.3) is 0 Å². The van der Waals surface area contributed by atoms with Crippen LogP contribution in [0.5, 0.6) is 0 Å². The van der Waals surface area contributed by atoms with E-state index in [1.807, 2.05) is 24.3 Å². The van der Waals surface area contributed by atoms with Crippen LogP contribution in [0, 0.1) is 0 Å². The molecule has 0 spiro atoms. The van der Waals surface area contributed by atoms with Crippen molar-refractivity contribution in [2.45, 2.75) is 16.7 Å². The standard InChI is InChI=1S/C12H11B2Cl2NO/c13-6-17-11(14)10(12(15)16)8-2-1-7-3-4-18-9(7)5-8/h1-5,10-12,17H,6H2. The Balaban J connectivity index is 2.34. The molecule has 6 heteroatoms. The second kappa shape index (κ2) is 6.05. The van der Waals surface area contributed by atoms with Gasteiger partial charge in [-0.25, -0.2) is 0 Å². The van der Waals surface area contributed by atoms with Crippen LogP contribution in [0.1, 0.15) is 11.5 Å². The van der Waals surface area contributed by atoms with Gasteiger partial charge in [-0.2, -0.15) is 0 Å². The van der Waals surface area contributed by atoms with Gasteiger partial charge in [-0.15, -0.1) is 23.2 Å². The van der Waals surface area contributed by atoms with Gasteiger partial charge in [0.1, 0.15) is 10.4 Å². The van der Waals surface area contributed by atoms with Gasteiger partial charge >= 0.3 is 0 Å². The first-order chi connectivity index (χ1) is 8.63. The van der Waals surface area contributed by atoms with Gasteiger partial charge in [0.2, 0.25) is 0 Å². The van der Waals surface area contributed by atoms with Crippen molar-refractivity contribution in [2.75, 3.05) is 6.44 Å². The molecule has 18 heavy (non-hydrogen) atoms.